The van der Waals surface area contributed by atoms with Crippen molar-refractivity contribution < 1.29 is 14.0 Å². The zero-order valence-electron chi connectivity index (χ0n) is 18.8. The van der Waals surface area contributed by atoms with Gasteiger partial charge in [-0.2, -0.15) is 0 Å². The van der Waals surface area contributed by atoms with Crippen LogP contribution in [-0.4, -0.2) is 16.6 Å². The third kappa shape index (κ3) is 4.77. The highest BCUT2D eigenvalue weighted by atomic mass is 16.4. The molecular weight excluding hydrogens is 434 g/mol. The van der Waals surface area contributed by atoms with Gasteiger partial charge in [-0.1, -0.05) is 121 Å². The lowest BCUT2D eigenvalue weighted by atomic mass is 10.0. The van der Waals surface area contributed by atoms with Crippen LogP contribution in [0.25, 0.3) is 23.6 Å². The van der Waals surface area contributed by atoms with Gasteiger partial charge in [0.25, 0.3) is 0 Å². The predicted octanol–water partition coefficient (Wildman–Crippen LogP) is 6.97. The van der Waals surface area contributed by atoms with Crippen molar-refractivity contribution in [3.8, 4) is 11.5 Å². The SMILES string of the molecule is O=C(c1ccccc1)c1nc(-c2ccccc2/C=C/c2ccccc2)oc1C(=O)c1ccccc1. The summed E-state index contributed by atoms with van der Waals surface area (Å²) in [6, 6.07) is 35.1. The molecule has 168 valence electrons. The van der Waals surface area contributed by atoms with E-state index >= 15 is 0 Å². The predicted molar refractivity (Wildman–Crippen MR) is 137 cm³/mol. The Balaban J connectivity index is 1.61. The maximum absolute atomic E-state index is 13.4. The van der Waals surface area contributed by atoms with E-state index in [1.807, 2.05) is 78.9 Å². The van der Waals surface area contributed by atoms with Crippen LogP contribution in [0.2, 0.25) is 0 Å². The van der Waals surface area contributed by atoms with E-state index in [4.69, 9.17) is 4.42 Å². The van der Waals surface area contributed by atoms with Gasteiger partial charge in [0.1, 0.15) is 0 Å². The second-order valence-corrected chi connectivity index (χ2v) is 7.92. The Morgan fingerprint density at radius 1 is 0.600 bits per heavy atom. The lowest BCUT2D eigenvalue weighted by Gasteiger charge is -2.02. The monoisotopic (exact) mass is 455 g/mol. The Morgan fingerprint density at radius 2 is 1.14 bits per heavy atom. The highest BCUT2D eigenvalue weighted by Gasteiger charge is 2.28. The van der Waals surface area contributed by atoms with Gasteiger partial charge in [0, 0.05) is 16.7 Å². The van der Waals surface area contributed by atoms with Gasteiger partial charge in [0.05, 0.1) is 0 Å². The summed E-state index contributed by atoms with van der Waals surface area (Å²) < 4.78 is 6.04. The fraction of sp³-hybridized carbons (Fsp3) is 0. The van der Waals surface area contributed by atoms with Crippen LogP contribution in [0.1, 0.15) is 43.3 Å². The van der Waals surface area contributed by atoms with Crippen molar-refractivity contribution in [2.75, 3.05) is 0 Å². The molecule has 0 spiro atoms. The quantitative estimate of drug-likeness (QED) is 0.196. The van der Waals surface area contributed by atoms with Crippen LogP contribution >= 0.6 is 0 Å². The van der Waals surface area contributed by atoms with Crippen molar-refractivity contribution in [1.29, 1.82) is 0 Å². The minimum atomic E-state index is -0.388. The lowest BCUT2D eigenvalue weighted by Crippen LogP contribution is -2.10. The molecule has 4 aromatic carbocycles. The van der Waals surface area contributed by atoms with Gasteiger partial charge < -0.3 is 4.42 Å². The summed E-state index contributed by atoms with van der Waals surface area (Å²) in [5.74, 6) is -0.600. The first-order valence-corrected chi connectivity index (χ1v) is 11.2. The van der Waals surface area contributed by atoms with Crippen LogP contribution in [0.5, 0.6) is 0 Å². The van der Waals surface area contributed by atoms with Gasteiger partial charge in [-0.05, 0) is 17.2 Å². The molecule has 4 nitrogen and oxygen atoms in total. The van der Waals surface area contributed by atoms with E-state index in [2.05, 4.69) is 4.98 Å². The summed E-state index contributed by atoms with van der Waals surface area (Å²) in [5, 5.41) is 0. The number of hydrogen-bond acceptors (Lipinski definition) is 4. The van der Waals surface area contributed by atoms with Crippen molar-refractivity contribution in [3.05, 3.63) is 149 Å². The van der Waals surface area contributed by atoms with E-state index in [0.717, 1.165) is 11.1 Å². The molecule has 5 rings (SSSR count). The van der Waals surface area contributed by atoms with Crippen LogP contribution in [0.3, 0.4) is 0 Å². The van der Waals surface area contributed by atoms with Gasteiger partial charge >= 0.3 is 0 Å². The molecule has 1 aromatic heterocycles. The molecule has 0 radical (unpaired) electrons. The molecule has 1 heterocycles. The van der Waals surface area contributed by atoms with Crippen molar-refractivity contribution in [2.45, 2.75) is 0 Å². The maximum Gasteiger partial charge on any atom is 0.230 e. The molecule has 0 amide bonds. The molecule has 0 saturated heterocycles. The largest absolute Gasteiger partial charge is 0.432 e. The fourth-order valence-corrected chi connectivity index (χ4v) is 3.78. The molecular formula is C31H21NO3. The first-order chi connectivity index (χ1) is 17.2. The molecule has 0 saturated carbocycles. The van der Waals surface area contributed by atoms with Gasteiger partial charge in [0.15, 0.2) is 5.69 Å². The number of oxazole rings is 1. The minimum absolute atomic E-state index is 0.00175. The summed E-state index contributed by atoms with van der Waals surface area (Å²) in [6.45, 7) is 0. The van der Waals surface area contributed by atoms with E-state index < -0.39 is 0 Å². The number of rotatable bonds is 7. The summed E-state index contributed by atoms with van der Waals surface area (Å²) >= 11 is 0. The molecule has 0 aliphatic carbocycles. The number of nitrogens with zero attached hydrogens (tertiary/aromatic N) is 1. The van der Waals surface area contributed by atoms with Crippen molar-refractivity contribution in [2.24, 2.45) is 0 Å². The number of aromatic nitrogens is 1. The normalized spacial score (nSPS) is 11.0. The van der Waals surface area contributed by atoms with Gasteiger partial charge in [-0.15, -0.1) is 0 Å². The fourth-order valence-electron chi connectivity index (χ4n) is 3.78. The molecule has 5 aromatic rings. The van der Waals surface area contributed by atoms with Crippen LogP contribution in [0.4, 0.5) is 0 Å². The van der Waals surface area contributed by atoms with Crippen LogP contribution < -0.4 is 0 Å². The van der Waals surface area contributed by atoms with Crippen molar-refractivity contribution in [1.82, 2.24) is 4.98 Å². The Morgan fingerprint density at radius 3 is 1.80 bits per heavy atom. The Kier molecular flexibility index (Phi) is 6.27. The average molecular weight is 456 g/mol. The van der Waals surface area contributed by atoms with Gasteiger partial charge in [-0.3, -0.25) is 9.59 Å². The Bertz CT molecular complexity index is 1430. The third-order valence-electron chi connectivity index (χ3n) is 5.57. The zero-order chi connectivity index (χ0) is 24.0. The molecule has 0 aliphatic heterocycles. The second-order valence-electron chi connectivity index (χ2n) is 7.92. The van der Waals surface area contributed by atoms with E-state index in [1.165, 1.54) is 0 Å². The third-order valence-corrected chi connectivity index (χ3v) is 5.57. The second kappa shape index (κ2) is 9.98. The number of carbonyl (C=O) groups excluding carboxylic acids is 2. The summed E-state index contributed by atoms with van der Waals surface area (Å²) in [5.41, 5.74) is 3.46. The number of ketones is 2. The summed E-state index contributed by atoms with van der Waals surface area (Å²) in [6.07, 6.45) is 3.96. The van der Waals surface area contributed by atoms with Crippen molar-refractivity contribution in [3.63, 3.8) is 0 Å². The highest BCUT2D eigenvalue weighted by molar-refractivity contribution is 6.17. The van der Waals surface area contributed by atoms with Gasteiger partial charge in [0.2, 0.25) is 23.2 Å². The summed E-state index contributed by atoms with van der Waals surface area (Å²) in [4.78, 5) is 31.2. The Hall–Kier alpha value is -4.83. The van der Waals surface area contributed by atoms with E-state index in [0.29, 0.717) is 16.7 Å². The van der Waals surface area contributed by atoms with Gasteiger partial charge in [-0.25, -0.2) is 4.98 Å². The van der Waals surface area contributed by atoms with E-state index in [-0.39, 0.29) is 28.9 Å². The molecule has 0 atom stereocenters. The number of hydrogen-bond donors (Lipinski definition) is 0. The molecule has 4 heteroatoms. The van der Waals surface area contributed by atoms with E-state index in [9.17, 15) is 9.59 Å². The van der Waals surface area contributed by atoms with E-state index in [1.54, 1.807) is 48.5 Å². The standard InChI is InChI=1S/C31H21NO3/c33-28(24-15-6-2-7-16-24)27-30(29(34)25-17-8-3-9-18-25)35-31(32-27)26-19-11-10-14-23(26)21-20-22-12-4-1-5-13-22/h1-21H/b21-20+. The first-order valence-electron chi connectivity index (χ1n) is 11.2. The number of carbonyl (C=O) groups is 2. The zero-order valence-corrected chi connectivity index (χ0v) is 18.8. The molecule has 0 bridgehead atoms. The van der Waals surface area contributed by atoms with Crippen LogP contribution in [-0.2, 0) is 0 Å². The highest BCUT2D eigenvalue weighted by Crippen LogP contribution is 2.29. The van der Waals surface area contributed by atoms with Crippen LogP contribution in [0.15, 0.2) is 120 Å². The first kappa shape index (κ1) is 22.0. The molecule has 0 fully saturated rings. The smallest absolute Gasteiger partial charge is 0.230 e. The lowest BCUT2D eigenvalue weighted by molar-refractivity contribution is 0.0983. The minimum Gasteiger partial charge on any atom is -0.432 e. The molecule has 35 heavy (non-hydrogen) atoms. The average Bonchev–Trinajstić information content (AvgIpc) is 3.38. The molecule has 0 unspecified atom stereocenters. The topological polar surface area (TPSA) is 60.2 Å². The maximum atomic E-state index is 13.4. The van der Waals surface area contributed by atoms with Crippen LogP contribution in [0, 0.1) is 0 Å². The number of benzene rings is 4. The molecule has 0 aliphatic rings. The molecule has 0 N–H and O–H groups in total. The van der Waals surface area contributed by atoms with Crippen molar-refractivity contribution >= 4 is 23.7 Å². The Labute approximate surface area is 203 Å². The summed E-state index contributed by atoms with van der Waals surface area (Å²) in [7, 11) is 0.